The fourth-order valence-corrected chi connectivity index (χ4v) is 1.33. The average Bonchev–Trinajstić information content (AvgIpc) is 2.18. The Bertz CT molecular complexity index is 299. The van der Waals surface area contributed by atoms with Crippen LogP contribution in [0.15, 0.2) is 18.2 Å². The van der Waals surface area contributed by atoms with E-state index in [1.165, 1.54) is 6.07 Å². The minimum atomic E-state index is -0.610. The molecule has 0 spiro atoms. The molecule has 14 heavy (non-hydrogen) atoms. The Morgan fingerprint density at radius 3 is 2.71 bits per heavy atom. The Kier molecular flexibility index (Phi) is 4.04. The zero-order valence-corrected chi connectivity index (χ0v) is 8.20. The van der Waals surface area contributed by atoms with Crippen molar-refractivity contribution in [3.63, 3.8) is 0 Å². The number of benzene rings is 1. The van der Waals surface area contributed by atoms with Crippen molar-refractivity contribution in [3.8, 4) is 0 Å². The maximum atomic E-state index is 12.9. The molecule has 0 aliphatic carbocycles. The molecule has 1 aromatic carbocycles. The van der Waals surface area contributed by atoms with E-state index in [-0.39, 0.29) is 12.4 Å². The molecular weight excluding hydrogens is 183 g/mol. The van der Waals surface area contributed by atoms with Gasteiger partial charge < -0.3 is 10.2 Å². The van der Waals surface area contributed by atoms with E-state index in [2.05, 4.69) is 0 Å². The Labute approximate surface area is 83.0 Å². The van der Waals surface area contributed by atoms with Crippen molar-refractivity contribution in [2.24, 2.45) is 0 Å². The second-order valence-electron chi connectivity index (χ2n) is 3.39. The lowest BCUT2D eigenvalue weighted by Gasteiger charge is -2.10. The molecule has 2 nitrogen and oxygen atoms in total. The highest BCUT2D eigenvalue weighted by molar-refractivity contribution is 5.25. The second kappa shape index (κ2) is 5.08. The highest BCUT2D eigenvalue weighted by Gasteiger charge is 2.08. The number of halogens is 1. The van der Waals surface area contributed by atoms with Gasteiger partial charge in [-0.3, -0.25) is 0 Å². The molecule has 0 bridgehead atoms. The van der Waals surface area contributed by atoms with E-state index in [4.69, 9.17) is 5.11 Å². The van der Waals surface area contributed by atoms with Crippen LogP contribution in [-0.2, 0) is 0 Å². The van der Waals surface area contributed by atoms with Crippen molar-refractivity contribution >= 4 is 0 Å². The first kappa shape index (κ1) is 11.1. The van der Waals surface area contributed by atoms with E-state index in [1.807, 2.05) is 0 Å². The highest BCUT2D eigenvalue weighted by Crippen LogP contribution is 2.20. The van der Waals surface area contributed by atoms with Crippen LogP contribution in [0.25, 0.3) is 0 Å². The number of rotatable bonds is 4. The molecule has 1 unspecified atom stereocenters. The SMILES string of the molecule is Cc1cc(C(O)CCCO)ccc1F. The van der Waals surface area contributed by atoms with Gasteiger partial charge in [0.25, 0.3) is 0 Å². The van der Waals surface area contributed by atoms with Crippen molar-refractivity contribution in [2.75, 3.05) is 6.61 Å². The van der Waals surface area contributed by atoms with E-state index in [9.17, 15) is 9.50 Å². The van der Waals surface area contributed by atoms with E-state index in [0.717, 1.165) is 0 Å². The van der Waals surface area contributed by atoms with Crippen molar-refractivity contribution in [1.82, 2.24) is 0 Å². The molecule has 1 atom stereocenters. The Hall–Kier alpha value is -0.930. The van der Waals surface area contributed by atoms with Crippen LogP contribution in [-0.4, -0.2) is 16.8 Å². The molecule has 0 radical (unpaired) electrons. The van der Waals surface area contributed by atoms with Gasteiger partial charge in [-0.25, -0.2) is 4.39 Å². The van der Waals surface area contributed by atoms with Crippen LogP contribution in [0.5, 0.6) is 0 Å². The van der Waals surface area contributed by atoms with E-state index in [1.54, 1.807) is 19.1 Å². The van der Waals surface area contributed by atoms with Crippen molar-refractivity contribution in [1.29, 1.82) is 0 Å². The molecule has 3 heteroatoms. The van der Waals surface area contributed by atoms with Gasteiger partial charge in [0.05, 0.1) is 6.10 Å². The van der Waals surface area contributed by atoms with Gasteiger partial charge in [0.15, 0.2) is 0 Å². The fraction of sp³-hybridized carbons (Fsp3) is 0.455. The van der Waals surface area contributed by atoms with Crippen LogP contribution < -0.4 is 0 Å². The number of hydrogen-bond donors (Lipinski definition) is 2. The molecule has 0 heterocycles. The first-order valence-electron chi connectivity index (χ1n) is 4.70. The summed E-state index contributed by atoms with van der Waals surface area (Å²) in [5.74, 6) is -0.261. The third-order valence-electron chi connectivity index (χ3n) is 2.20. The van der Waals surface area contributed by atoms with Crippen molar-refractivity contribution < 1.29 is 14.6 Å². The summed E-state index contributed by atoms with van der Waals surface area (Å²) in [4.78, 5) is 0. The fourth-order valence-electron chi connectivity index (χ4n) is 1.33. The monoisotopic (exact) mass is 198 g/mol. The molecule has 0 amide bonds. The largest absolute Gasteiger partial charge is 0.396 e. The second-order valence-corrected chi connectivity index (χ2v) is 3.39. The topological polar surface area (TPSA) is 40.5 Å². The first-order valence-corrected chi connectivity index (χ1v) is 4.70. The van der Waals surface area contributed by atoms with Crippen LogP contribution in [0.1, 0.15) is 30.1 Å². The van der Waals surface area contributed by atoms with Gasteiger partial charge in [-0.15, -0.1) is 0 Å². The summed E-state index contributed by atoms with van der Waals surface area (Å²) in [6.45, 7) is 1.73. The maximum Gasteiger partial charge on any atom is 0.126 e. The van der Waals surface area contributed by atoms with Gasteiger partial charge in [0, 0.05) is 6.61 Å². The molecule has 1 rings (SSSR count). The first-order chi connectivity index (χ1) is 6.65. The molecule has 0 aliphatic heterocycles. The predicted molar refractivity (Wildman–Crippen MR) is 52.4 cm³/mol. The minimum absolute atomic E-state index is 0.0667. The summed E-state index contributed by atoms with van der Waals surface area (Å²) >= 11 is 0. The molecular formula is C11H15FO2. The van der Waals surface area contributed by atoms with Crippen LogP contribution in [0.3, 0.4) is 0 Å². The summed E-state index contributed by atoms with van der Waals surface area (Å²) < 4.78 is 12.9. The quantitative estimate of drug-likeness (QED) is 0.776. The van der Waals surface area contributed by atoms with E-state index < -0.39 is 6.10 Å². The van der Waals surface area contributed by atoms with Crippen LogP contribution in [0.2, 0.25) is 0 Å². The van der Waals surface area contributed by atoms with Crippen LogP contribution in [0.4, 0.5) is 4.39 Å². The van der Waals surface area contributed by atoms with Crippen LogP contribution >= 0.6 is 0 Å². The van der Waals surface area contributed by atoms with Crippen LogP contribution in [0, 0.1) is 12.7 Å². The minimum Gasteiger partial charge on any atom is -0.396 e. The lowest BCUT2D eigenvalue weighted by atomic mass is 10.0. The van der Waals surface area contributed by atoms with Gasteiger partial charge in [-0.1, -0.05) is 12.1 Å². The average molecular weight is 198 g/mol. The number of aryl methyl sites for hydroxylation is 1. The standard InChI is InChI=1S/C11H15FO2/c1-8-7-9(4-5-10(8)12)11(14)3-2-6-13/h4-5,7,11,13-14H,2-3,6H2,1H3. The van der Waals surface area contributed by atoms with Gasteiger partial charge in [-0.2, -0.15) is 0 Å². The third-order valence-corrected chi connectivity index (χ3v) is 2.20. The van der Waals surface area contributed by atoms with E-state index in [0.29, 0.717) is 24.0 Å². The molecule has 78 valence electrons. The molecule has 0 saturated heterocycles. The maximum absolute atomic E-state index is 12.9. The number of aliphatic hydroxyl groups is 2. The number of aliphatic hydroxyl groups excluding tert-OH is 2. The molecule has 0 fully saturated rings. The Balaban J connectivity index is 2.70. The summed E-state index contributed by atoms with van der Waals surface area (Å²) in [5.41, 5.74) is 1.24. The number of hydrogen-bond acceptors (Lipinski definition) is 2. The molecule has 2 N–H and O–H groups in total. The van der Waals surface area contributed by atoms with Gasteiger partial charge >= 0.3 is 0 Å². The van der Waals surface area contributed by atoms with Gasteiger partial charge in [0.1, 0.15) is 5.82 Å². The lowest BCUT2D eigenvalue weighted by Crippen LogP contribution is -1.99. The highest BCUT2D eigenvalue weighted by atomic mass is 19.1. The molecule has 1 aromatic rings. The molecule has 0 aromatic heterocycles. The summed E-state index contributed by atoms with van der Waals surface area (Å²) in [5, 5.41) is 18.2. The van der Waals surface area contributed by atoms with Gasteiger partial charge in [0.2, 0.25) is 0 Å². The Morgan fingerprint density at radius 2 is 2.14 bits per heavy atom. The molecule has 0 aliphatic rings. The Morgan fingerprint density at radius 1 is 1.43 bits per heavy atom. The van der Waals surface area contributed by atoms with Crippen molar-refractivity contribution in [3.05, 3.63) is 35.1 Å². The van der Waals surface area contributed by atoms with Crippen molar-refractivity contribution in [2.45, 2.75) is 25.9 Å². The smallest absolute Gasteiger partial charge is 0.126 e. The zero-order chi connectivity index (χ0) is 10.6. The summed E-state index contributed by atoms with van der Waals surface area (Å²) in [6, 6.07) is 4.56. The van der Waals surface area contributed by atoms with E-state index >= 15 is 0 Å². The lowest BCUT2D eigenvalue weighted by molar-refractivity contribution is 0.151. The third kappa shape index (κ3) is 2.79. The predicted octanol–water partition coefficient (Wildman–Crippen LogP) is 1.94. The molecule has 0 saturated carbocycles. The normalized spacial score (nSPS) is 12.9. The summed E-state index contributed by atoms with van der Waals surface area (Å²) in [7, 11) is 0. The summed E-state index contributed by atoms with van der Waals surface area (Å²) in [6.07, 6.45) is 0.445. The van der Waals surface area contributed by atoms with Gasteiger partial charge in [-0.05, 0) is 37.0 Å². The zero-order valence-electron chi connectivity index (χ0n) is 8.20.